The molecular weight excluding hydrogens is 593 g/mol. The van der Waals surface area contributed by atoms with Crippen LogP contribution in [0.25, 0.3) is 56.0 Å². The van der Waals surface area contributed by atoms with E-state index in [1.165, 1.54) is 33.4 Å². The SMILES string of the molecule is C1=CCC(C2(c3ccccc3)c3ccccc3-c3c(-c4ccccc4)nc(-c4ccc(-c5ccc(-c6ccccc6)cc5)cc4)nc32)C=C1. The Morgan fingerprint density at radius 3 is 1.61 bits per heavy atom. The van der Waals surface area contributed by atoms with Gasteiger partial charge in [0.2, 0.25) is 0 Å². The summed E-state index contributed by atoms with van der Waals surface area (Å²) in [6, 6.07) is 58.5. The molecule has 1 heterocycles. The maximum atomic E-state index is 5.61. The van der Waals surface area contributed by atoms with Crippen LogP contribution >= 0.6 is 0 Å². The van der Waals surface area contributed by atoms with Gasteiger partial charge in [-0.05, 0) is 51.3 Å². The van der Waals surface area contributed by atoms with Crippen LogP contribution < -0.4 is 0 Å². The number of hydrogen-bond acceptors (Lipinski definition) is 2. The van der Waals surface area contributed by atoms with Crippen LogP contribution in [0, 0.1) is 5.92 Å². The normalized spacial score (nSPS) is 17.4. The predicted octanol–water partition coefficient (Wildman–Crippen LogP) is 11.6. The predicted molar refractivity (Wildman–Crippen MR) is 202 cm³/mol. The molecule has 2 unspecified atom stereocenters. The molecule has 0 saturated heterocycles. The average molecular weight is 627 g/mol. The molecule has 2 aliphatic rings. The van der Waals surface area contributed by atoms with Crippen molar-refractivity contribution >= 4 is 0 Å². The monoisotopic (exact) mass is 626 g/mol. The first-order chi connectivity index (χ1) is 24.3. The lowest BCUT2D eigenvalue weighted by Crippen LogP contribution is -2.36. The Kier molecular flexibility index (Phi) is 7.21. The van der Waals surface area contributed by atoms with E-state index in [9.17, 15) is 0 Å². The minimum Gasteiger partial charge on any atom is -0.231 e. The van der Waals surface area contributed by atoms with Gasteiger partial charge in [-0.3, -0.25) is 0 Å². The maximum Gasteiger partial charge on any atom is 0.160 e. The Morgan fingerprint density at radius 1 is 0.469 bits per heavy atom. The molecule has 49 heavy (non-hydrogen) atoms. The third-order valence-corrected chi connectivity index (χ3v) is 10.2. The van der Waals surface area contributed by atoms with Crippen molar-refractivity contribution in [2.24, 2.45) is 5.92 Å². The average Bonchev–Trinajstić information content (AvgIpc) is 3.50. The second kappa shape index (κ2) is 12.2. The highest BCUT2D eigenvalue weighted by molar-refractivity contribution is 5.92. The van der Waals surface area contributed by atoms with Gasteiger partial charge in [-0.25, -0.2) is 9.97 Å². The molecule has 6 aromatic carbocycles. The summed E-state index contributed by atoms with van der Waals surface area (Å²) in [6.45, 7) is 0. The van der Waals surface area contributed by atoms with Crippen LogP contribution in [-0.4, -0.2) is 9.97 Å². The van der Waals surface area contributed by atoms with E-state index < -0.39 is 5.41 Å². The largest absolute Gasteiger partial charge is 0.231 e. The molecule has 232 valence electrons. The lowest BCUT2D eigenvalue weighted by molar-refractivity contribution is 0.447. The molecule has 0 N–H and O–H groups in total. The van der Waals surface area contributed by atoms with E-state index in [0.717, 1.165) is 45.9 Å². The third kappa shape index (κ3) is 4.88. The third-order valence-electron chi connectivity index (χ3n) is 10.2. The van der Waals surface area contributed by atoms with Gasteiger partial charge in [0.25, 0.3) is 0 Å². The van der Waals surface area contributed by atoms with Gasteiger partial charge in [-0.2, -0.15) is 0 Å². The van der Waals surface area contributed by atoms with Gasteiger partial charge in [-0.1, -0.05) is 188 Å². The van der Waals surface area contributed by atoms with Crippen LogP contribution in [0.2, 0.25) is 0 Å². The Labute approximate surface area is 287 Å². The maximum absolute atomic E-state index is 5.61. The molecule has 0 fully saturated rings. The standard InChI is InChI=1S/C47H34N2/c1-5-15-33(16-6-1)34-25-27-35(28-26-34)36-29-31-38(32-30-36)46-48-44(37-17-7-2-8-18-37)43-41-23-13-14-24-42(41)47(45(43)49-46,39-19-9-3-10-20-39)40-21-11-4-12-22-40/h1-21,23-32,40H,22H2. The number of hydrogen-bond donors (Lipinski definition) is 0. The van der Waals surface area contributed by atoms with Crippen LogP contribution in [0.3, 0.4) is 0 Å². The minimum atomic E-state index is -0.476. The number of benzene rings is 6. The zero-order chi connectivity index (χ0) is 32.6. The topological polar surface area (TPSA) is 25.8 Å². The number of nitrogens with zero attached hydrogens (tertiary/aromatic N) is 2. The zero-order valence-electron chi connectivity index (χ0n) is 27.1. The van der Waals surface area contributed by atoms with Crippen LogP contribution in [0.5, 0.6) is 0 Å². The molecule has 0 amide bonds. The van der Waals surface area contributed by atoms with E-state index >= 15 is 0 Å². The molecule has 0 spiro atoms. The molecule has 9 rings (SSSR count). The van der Waals surface area contributed by atoms with Crippen molar-refractivity contribution in [2.75, 3.05) is 0 Å². The summed E-state index contributed by atoms with van der Waals surface area (Å²) < 4.78 is 0. The summed E-state index contributed by atoms with van der Waals surface area (Å²) in [5, 5.41) is 0. The molecule has 0 saturated carbocycles. The Morgan fingerprint density at radius 2 is 1.00 bits per heavy atom. The van der Waals surface area contributed by atoms with Gasteiger partial charge in [-0.15, -0.1) is 0 Å². The van der Waals surface area contributed by atoms with Crippen molar-refractivity contribution in [1.82, 2.24) is 9.97 Å². The second-order valence-electron chi connectivity index (χ2n) is 12.9. The highest BCUT2D eigenvalue weighted by Gasteiger charge is 2.51. The van der Waals surface area contributed by atoms with E-state index in [0.29, 0.717) is 0 Å². The van der Waals surface area contributed by atoms with Gasteiger partial charge >= 0.3 is 0 Å². The van der Waals surface area contributed by atoms with Crippen molar-refractivity contribution in [1.29, 1.82) is 0 Å². The summed E-state index contributed by atoms with van der Waals surface area (Å²) >= 11 is 0. The molecule has 1 aromatic heterocycles. The van der Waals surface area contributed by atoms with Gasteiger partial charge in [0, 0.05) is 16.7 Å². The zero-order valence-corrected chi connectivity index (χ0v) is 27.1. The first-order valence-electron chi connectivity index (χ1n) is 17.0. The first kappa shape index (κ1) is 29.1. The van der Waals surface area contributed by atoms with Crippen LogP contribution in [0.4, 0.5) is 0 Å². The summed E-state index contributed by atoms with van der Waals surface area (Å²) in [7, 11) is 0. The molecule has 2 heteroatoms. The van der Waals surface area contributed by atoms with Gasteiger partial charge < -0.3 is 0 Å². The van der Waals surface area contributed by atoms with E-state index in [4.69, 9.17) is 9.97 Å². The Balaban J connectivity index is 1.23. The van der Waals surface area contributed by atoms with Crippen LogP contribution in [-0.2, 0) is 5.41 Å². The number of rotatable bonds is 6. The van der Waals surface area contributed by atoms with E-state index in [1.807, 2.05) is 0 Å². The number of aromatic nitrogens is 2. The quantitative estimate of drug-likeness (QED) is 0.184. The molecule has 2 aliphatic carbocycles. The van der Waals surface area contributed by atoms with Gasteiger partial charge in [0.15, 0.2) is 5.82 Å². The fourth-order valence-electron chi connectivity index (χ4n) is 7.89. The fraction of sp³-hybridized carbons (Fsp3) is 0.0638. The summed E-state index contributed by atoms with van der Waals surface area (Å²) in [5.41, 5.74) is 13.3. The highest BCUT2D eigenvalue weighted by atomic mass is 14.9. The first-order valence-corrected chi connectivity index (χ1v) is 17.0. The van der Waals surface area contributed by atoms with Gasteiger partial charge in [0.1, 0.15) is 0 Å². The number of fused-ring (bicyclic) bond motifs is 3. The molecule has 0 aliphatic heterocycles. The molecular formula is C47H34N2. The van der Waals surface area contributed by atoms with Crippen LogP contribution in [0.15, 0.2) is 188 Å². The highest BCUT2D eigenvalue weighted by Crippen LogP contribution is 2.59. The summed E-state index contributed by atoms with van der Waals surface area (Å²) in [4.78, 5) is 11.0. The van der Waals surface area contributed by atoms with Gasteiger partial charge in [0.05, 0.1) is 16.8 Å². The lowest BCUT2D eigenvalue weighted by Gasteiger charge is -2.38. The van der Waals surface area contributed by atoms with Crippen molar-refractivity contribution in [3.8, 4) is 56.0 Å². The van der Waals surface area contributed by atoms with E-state index in [2.05, 4.69) is 188 Å². The molecule has 2 nitrogen and oxygen atoms in total. The molecule has 2 atom stereocenters. The summed E-state index contributed by atoms with van der Waals surface area (Å²) in [6.07, 6.45) is 9.96. The van der Waals surface area contributed by atoms with Crippen molar-refractivity contribution < 1.29 is 0 Å². The van der Waals surface area contributed by atoms with E-state index in [1.54, 1.807) is 0 Å². The smallest absolute Gasteiger partial charge is 0.160 e. The fourth-order valence-corrected chi connectivity index (χ4v) is 7.89. The second-order valence-corrected chi connectivity index (χ2v) is 12.9. The van der Waals surface area contributed by atoms with Crippen LogP contribution in [0.1, 0.15) is 23.2 Å². The summed E-state index contributed by atoms with van der Waals surface area (Å²) in [5.74, 6) is 0.932. The Hall–Kier alpha value is -6.12. The number of allylic oxidation sites excluding steroid dienone is 4. The lowest BCUT2D eigenvalue weighted by atomic mass is 9.64. The Bertz CT molecular complexity index is 2320. The van der Waals surface area contributed by atoms with Crippen molar-refractivity contribution in [3.63, 3.8) is 0 Å². The van der Waals surface area contributed by atoms with Crippen molar-refractivity contribution in [2.45, 2.75) is 11.8 Å². The molecule has 0 bridgehead atoms. The molecule has 0 radical (unpaired) electrons. The van der Waals surface area contributed by atoms with E-state index in [-0.39, 0.29) is 5.92 Å². The molecule has 7 aromatic rings. The minimum absolute atomic E-state index is 0.190. The van der Waals surface area contributed by atoms with Crippen molar-refractivity contribution in [3.05, 3.63) is 205 Å².